The van der Waals surface area contributed by atoms with Gasteiger partial charge < -0.3 is 26.3 Å². The number of amidine groups is 1. The summed E-state index contributed by atoms with van der Waals surface area (Å²) in [6.07, 6.45) is 14.0. The first kappa shape index (κ1) is 24.5. The van der Waals surface area contributed by atoms with Crippen molar-refractivity contribution in [3.8, 4) is 0 Å². The summed E-state index contributed by atoms with van der Waals surface area (Å²) >= 11 is 0. The Morgan fingerprint density at radius 1 is 1.18 bits per heavy atom. The van der Waals surface area contributed by atoms with E-state index >= 15 is 0 Å². The molecule has 0 amide bonds. The van der Waals surface area contributed by atoms with Crippen molar-refractivity contribution in [1.29, 1.82) is 0 Å². The Balaban J connectivity index is 1.40. The lowest BCUT2D eigenvalue weighted by Gasteiger charge is -2.64. The Hall–Kier alpha value is -1.18. The Morgan fingerprint density at radius 3 is 2.76 bits per heavy atom. The van der Waals surface area contributed by atoms with Gasteiger partial charge in [-0.2, -0.15) is 5.10 Å². The van der Waals surface area contributed by atoms with E-state index in [0.717, 1.165) is 64.6 Å². The van der Waals surface area contributed by atoms with Crippen LogP contribution in [0.3, 0.4) is 0 Å². The summed E-state index contributed by atoms with van der Waals surface area (Å²) in [4.78, 5) is 7.26. The summed E-state index contributed by atoms with van der Waals surface area (Å²) in [5.41, 5.74) is 5.12. The molecule has 7 nitrogen and oxygen atoms in total. The molecule has 7 heteroatoms. The van der Waals surface area contributed by atoms with E-state index < -0.39 is 5.60 Å². The smallest absolute Gasteiger partial charge is 0.103 e. The van der Waals surface area contributed by atoms with Crippen molar-refractivity contribution in [3.05, 3.63) is 0 Å². The van der Waals surface area contributed by atoms with Crippen LogP contribution in [0.15, 0.2) is 10.1 Å². The molecule has 4 aliphatic carbocycles. The third kappa shape index (κ3) is 3.64. The van der Waals surface area contributed by atoms with Gasteiger partial charge in [-0.3, -0.25) is 4.99 Å². The van der Waals surface area contributed by atoms with Crippen LogP contribution >= 0.6 is 0 Å². The summed E-state index contributed by atoms with van der Waals surface area (Å²) in [7, 11) is 2.17. The molecule has 0 aromatic rings. The fourth-order valence-corrected chi connectivity index (χ4v) is 9.43. The number of rotatable bonds is 7. The Kier molecular flexibility index (Phi) is 6.75. The normalized spacial score (nSPS) is 46.3. The number of nitrogens with two attached hydrogens (primary N) is 2. The second kappa shape index (κ2) is 9.36. The van der Waals surface area contributed by atoms with Crippen LogP contribution in [0.1, 0.15) is 77.6 Å². The van der Waals surface area contributed by atoms with Crippen molar-refractivity contribution in [2.24, 2.45) is 56.2 Å². The van der Waals surface area contributed by atoms with Gasteiger partial charge in [-0.1, -0.05) is 6.92 Å². The highest BCUT2D eigenvalue weighted by Gasteiger charge is 2.69. The molecule has 1 aliphatic heterocycles. The van der Waals surface area contributed by atoms with Crippen LogP contribution in [0.4, 0.5) is 0 Å². The van der Waals surface area contributed by atoms with E-state index in [1.54, 1.807) is 0 Å². The average molecular weight is 474 g/mol. The first-order valence-corrected chi connectivity index (χ1v) is 13.9. The van der Waals surface area contributed by atoms with E-state index in [1.165, 1.54) is 31.5 Å². The number of aliphatic hydroxyl groups is 1. The number of nitrogens with zero attached hydrogens (tertiary/aromatic N) is 3. The van der Waals surface area contributed by atoms with Gasteiger partial charge in [0.15, 0.2) is 0 Å². The van der Waals surface area contributed by atoms with Gasteiger partial charge in [0.05, 0.1) is 18.2 Å². The van der Waals surface area contributed by atoms with E-state index in [2.05, 4.69) is 24.0 Å². The predicted octanol–water partition coefficient (Wildman–Crippen LogP) is 3.15. The highest BCUT2D eigenvalue weighted by atomic mass is 16.5. The summed E-state index contributed by atoms with van der Waals surface area (Å²) < 4.78 is 6.21. The molecule has 0 aromatic heterocycles. The van der Waals surface area contributed by atoms with Crippen molar-refractivity contribution >= 4 is 12.1 Å². The Morgan fingerprint density at radius 2 is 2.03 bits per heavy atom. The zero-order chi connectivity index (χ0) is 24.0. The lowest BCUT2D eigenvalue weighted by Crippen LogP contribution is -2.64. The first-order valence-electron chi connectivity index (χ1n) is 13.9. The maximum Gasteiger partial charge on any atom is 0.103 e. The second-order valence-corrected chi connectivity index (χ2v) is 12.3. The topological polar surface area (TPSA) is 109 Å². The van der Waals surface area contributed by atoms with Crippen LogP contribution in [-0.2, 0) is 4.74 Å². The number of hydrogen-bond acceptors (Lipinski definition) is 7. The molecule has 192 valence electrons. The van der Waals surface area contributed by atoms with E-state index in [4.69, 9.17) is 21.3 Å². The van der Waals surface area contributed by atoms with Crippen molar-refractivity contribution in [3.63, 3.8) is 0 Å². The fraction of sp³-hybridized carbons (Fsp3) is 0.926. The van der Waals surface area contributed by atoms with Crippen LogP contribution < -0.4 is 11.6 Å². The molecule has 5 rings (SSSR count). The Labute approximate surface area is 205 Å². The highest BCUT2D eigenvalue weighted by molar-refractivity contribution is 5.87. The fourth-order valence-electron chi connectivity index (χ4n) is 9.43. The van der Waals surface area contributed by atoms with Gasteiger partial charge in [-0.05, 0) is 100 Å². The van der Waals surface area contributed by atoms with Crippen molar-refractivity contribution in [2.75, 3.05) is 33.3 Å². The van der Waals surface area contributed by atoms with Crippen LogP contribution in [0, 0.1) is 34.5 Å². The highest BCUT2D eigenvalue weighted by Crippen LogP contribution is 2.70. The quantitative estimate of drug-likeness (QED) is 0.228. The monoisotopic (exact) mass is 473 g/mol. The van der Waals surface area contributed by atoms with Crippen molar-refractivity contribution in [1.82, 2.24) is 4.90 Å². The van der Waals surface area contributed by atoms with Crippen LogP contribution in [-0.4, -0.2) is 67.1 Å². The third-order valence-electron chi connectivity index (χ3n) is 11.2. The molecule has 1 heterocycles. The van der Waals surface area contributed by atoms with Crippen molar-refractivity contribution in [2.45, 2.75) is 89.3 Å². The molecule has 34 heavy (non-hydrogen) atoms. The summed E-state index contributed by atoms with van der Waals surface area (Å²) in [5, 5.41) is 16.6. The summed E-state index contributed by atoms with van der Waals surface area (Å²) in [6, 6.07) is 0. The van der Waals surface area contributed by atoms with Gasteiger partial charge in [0, 0.05) is 37.7 Å². The van der Waals surface area contributed by atoms with Gasteiger partial charge >= 0.3 is 0 Å². The Bertz CT molecular complexity index is 804. The van der Waals surface area contributed by atoms with Gasteiger partial charge in [0.2, 0.25) is 0 Å². The van der Waals surface area contributed by atoms with Gasteiger partial charge in [0.25, 0.3) is 0 Å². The molecule has 0 saturated heterocycles. The lowest BCUT2D eigenvalue weighted by atomic mass is 9.42. The first-order chi connectivity index (χ1) is 16.4. The molecule has 4 saturated carbocycles. The average Bonchev–Trinajstić information content (AvgIpc) is 3.38. The largest absolute Gasteiger partial charge is 0.389 e. The minimum absolute atomic E-state index is 0.194. The number of fused-ring (bicyclic) bond motifs is 5. The lowest BCUT2D eigenvalue weighted by molar-refractivity contribution is -0.211. The number of likely N-dealkylation sites (N-methyl/N-ethyl adjacent to an activating group) is 1. The second-order valence-electron chi connectivity index (χ2n) is 12.3. The summed E-state index contributed by atoms with van der Waals surface area (Å²) in [6.45, 7) is 5.91. The van der Waals surface area contributed by atoms with E-state index in [1.807, 2.05) is 6.21 Å². The molecule has 8 atom stereocenters. The van der Waals surface area contributed by atoms with E-state index in [-0.39, 0.29) is 5.41 Å². The minimum Gasteiger partial charge on any atom is -0.389 e. The maximum absolute atomic E-state index is 12.7. The van der Waals surface area contributed by atoms with Gasteiger partial charge in [0.1, 0.15) is 5.84 Å². The van der Waals surface area contributed by atoms with E-state index in [0.29, 0.717) is 41.7 Å². The molecule has 0 radical (unpaired) electrons. The SMILES string of the molecule is CN1CCN=C1[C@H]1CC[C@]2(O)[C@@H]3CC[C@@H]4C[C@@H](OCCCN)CC[C@]4(C)[C@H]3CC[C@]12C/C=N/N. The predicted molar refractivity (Wildman–Crippen MR) is 137 cm³/mol. The number of hydrogen-bond donors (Lipinski definition) is 3. The zero-order valence-electron chi connectivity index (χ0n) is 21.4. The summed E-state index contributed by atoms with van der Waals surface area (Å²) in [5.74, 6) is 8.80. The van der Waals surface area contributed by atoms with E-state index in [9.17, 15) is 5.11 Å². The van der Waals surface area contributed by atoms with Gasteiger partial charge in [-0.25, -0.2) is 0 Å². The third-order valence-corrected chi connectivity index (χ3v) is 11.2. The maximum atomic E-state index is 12.7. The molecule has 5 aliphatic rings. The number of hydrazone groups is 1. The molecule has 4 fully saturated rings. The minimum atomic E-state index is -0.657. The molecule has 0 unspecified atom stereocenters. The molecule has 0 aromatic carbocycles. The van der Waals surface area contributed by atoms with Crippen LogP contribution in [0.2, 0.25) is 0 Å². The molecule has 5 N–H and O–H groups in total. The number of ether oxygens (including phenoxy) is 1. The molecular formula is C27H47N5O2. The molecule has 0 bridgehead atoms. The number of aliphatic imine (C=N–C) groups is 1. The zero-order valence-corrected chi connectivity index (χ0v) is 21.4. The van der Waals surface area contributed by atoms with Gasteiger partial charge in [-0.15, -0.1) is 0 Å². The molecular weight excluding hydrogens is 426 g/mol. The standard InChI is InChI=1S/C27H47N5O2/c1-25-9-6-20(34-17-3-13-28)18-19(25)4-5-22-21(25)7-10-26(12-14-31-29)23(8-11-27(22,26)33)24-30-15-16-32(24)2/h14,19-23,33H,3-13,15-18,28-29H2,1-2H3/b31-14+/t19-,20+,21+,22-,23-,25+,26+,27+/m1/s1. The van der Waals surface area contributed by atoms with Crippen LogP contribution in [0.25, 0.3) is 0 Å². The molecule has 0 spiro atoms. The van der Waals surface area contributed by atoms with Crippen LogP contribution in [0.5, 0.6) is 0 Å². The van der Waals surface area contributed by atoms with Crippen molar-refractivity contribution < 1.29 is 9.84 Å².